The number of nitrogens with zero attached hydrogens (tertiary/aromatic N) is 1. The highest BCUT2D eigenvalue weighted by molar-refractivity contribution is 7.09. The standard InChI is InChI=1S/C17H15NOS/c19-16(13-7-3-1-4-8-13)11-15-12-17(20-18-15)14-9-5-2-6-10-14/h1-10,12,16,19H,11H2. The Balaban J connectivity index is 1.75. The lowest BCUT2D eigenvalue weighted by atomic mass is 10.0. The first-order valence-electron chi connectivity index (χ1n) is 6.57. The summed E-state index contributed by atoms with van der Waals surface area (Å²) >= 11 is 1.48. The molecule has 100 valence electrons. The van der Waals surface area contributed by atoms with Crippen LogP contribution in [0.3, 0.4) is 0 Å². The summed E-state index contributed by atoms with van der Waals surface area (Å²) in [4.78, 5) is 1.14. The van der Waals surface area contributed by atoms with Crippen molar-refractivity contribution in [2.24, 2.45) is 0 Å². The number of aliphatic hydroxyl groups is 1. The molecule has 0 radical (unpaired) electrons. The summed E-state index contributed by atoms with van der Waals surface area (Å²) in [6.45, 7) is 0. The van der Waals surface area contributed by atoms with Crippen molar-refractivity contribution in [1.82, 2.24) is 4.37 Å². The Morgan fingerprint density at radius 1 is 0.950 bits per heavy atom. The van der Waals surface area contributed by atoms with Crippen molar-refractivity contribution < 1.29 is 5.11 Å². The zero-order valence-corrected chi connectivity index (χ0v) is 11.8. The molecule has 3 rings (SSSR count). The second-order valence-electron chi connectivity index (χ2n) is 4.68. The molecule has 1 heterocycles. The Morgan fingerprint density at radius 2 is 1.60 bits per heavy atom. The Labute approximate surface area is 122 Å². The average Bonchev–Trinajstić information content (AvgIpc) is 2.97. The molecule has 0 aliphatic heterocycles. The van der Waals surface area contributed by atoms with E-state index in [9.17, 15) is 5.11 Å². The third-order valence-electron chi connectivity index (χ3n) is 3.20. The molecule has 0 fully saturated rings. The van der Waals surface area contributed by atoms with Crippen LogP contribution in [0.5, 0.6) is 0 Å². The molecule has 0 saturated heterocycles. The monoisotopic (exact) mass is 281 g/mol. The van der Waals surface area contributed by atoms with Crippen molar-refractivity contribution in [2.75, 3.05) is 0 Å². The molecule has 0 aliphatic carbocycles. The van der Waals surface area contributed by atoms with Gasteiger partial charge in [0.25, 0.3) is 0 Å². The summed E-state index contributed by atoms with van der Waals surface area (Å²) in [5, 5.41) is 10.2. The summed E-state index contributed by atoms with van der Waals surface area (Å²) in [6, 6.07) is 22.0. The quantitative estimate of drug-likeness (QED) is 0.781. The molecule has 3 aromatic rings. The lowest BCUT2D eigenvalue weighted by Gasteiger charge is -2.08. The minimum absolute atomic E-state index is 0.498. The molecule has 1 aromatic heterocycles. The van der Waals surface area contributed by atoms with Crippen LogP contribution >= 0.6 is 11.5 Å². The maximum Gasteiger partial charge on any atom is 0.0845 e. The number of hydrogen-bond donors (Lipinski definition) is 1. The zero-order chi connectivity index (χ0) is 13.8. The highest BCUT2D eigenvalue weighted by Gasteiger charge is 2.11. The van der Waals surface area contributed by atoms with Crippen LogP contribution in [0, 0.1) is 0 Å². The molecule has 1 atom stereocenters. The van der Waals surface area contributed by atoms with E-state index < -0.39 is 6.10 Å². The van der Waals surface area contributed by atoms with Gasteiger partial charge in [0, 0.05) is 6.42 Å². The van der Waals surface area contributed by atoms with Gasteiger partial charge in [-0.1, -0.05) is 60.7 Å². The fourth-order valence-corrected chi connectivity index (χ4v) is 2.91. The van der Waals surface area contributed by atoms with Crippen molar-refractivity contribution >= 4 is 11.5 Å². The molecular formula is C17H15NOS. The predicted octanol–water partition coefficient (Wildman–Crippen LogP) is 4.09. The van der Waals surface area contributed by atoms with E-state index in [0.717, 1.165) is 16.1 Å². The van der Waals surface area contributed by atoms with Crippen LogP contribution in [-0.2, 0) is 6.42 Å². The number of benzene rings is 2. The van der Waals surface area contributed by atoms with E-state index in [0.29, 0.717) is 6.42 Å². The smallest absolute Gasteiger partial charge is 0.0845 e. The van der Waals surface area contributed by atoms with Crippen molar-refractivity contribution in [2.45, 2.75) is 12.5 Å². The summed E-state index contributed by atoms with van der Waals surface area (Å²) < 4.78 is 4.44. The number of aliphatic hydroxyl groups excluding tert-OH is 1. The third kappa shape index (κ3) is 2.95. The van der Waals surface area contributed by atoms with E-state index in [2.05, 4.69) is 22.6 Å². The van der Waals surface area contributed by atoms with Crippen LogP contribution in [-0.4, -0.2) is 9.48 Å². The van der Waals surface area contributed by atoms with Gasteiger partial charge in [0.1, 0.15) is 0 Å². The molecule has 0 bridgehead atoms. The first-order valence-corrected chi connectivity index (χ1v) is 7.34. The number of rotatable bonds is 4. The van der Waals surface area contributed by atoms with E-state index in [-0.39, 0.29) is 0 Å². The normalized spacial score (nSPS) is 12.2. The van der Waals surface area contributed by atoms with Crippen molar-refractivity contribution in [3.63, 3.8) is 0 Å². The molecule has 1 unspecified atom stereocenters. The van der Waals surface area contributed by atoms with Gasteiger partial charge >= 0.3 is 0 Å². The van der Waals surface area contributed by atoms with E-state index in [1.165, 1.54) is 17.1 Å². The Hall–Kier alpha value is -1.97. The fourth-order valence-electron chi connectivity index (χ4n) is 2.14. The van der Waals surface area contributed by atoms with Crippen LogP contribution < -0.4 is 0 Å². The van der Waals surface area contributed by atoms with Gasteiger partial charge in [-0.2, -0.15) is 4.37 Å². The van der Waals surface area contributed by atoms with E-state index in [4.69, 9.17) is 0 Å². The molecule has 0 saturated carbocycles. The van der Waals surface area contributed by atoms with Gasteiger partial charge < -0.3 is 5.11 Å². The van der Waals surface area contributed by atoms with Crippen molar-refractivity contribution in [1.29, 1.82) is 0 Å². The zero-order valence-electron chi connectivity index (χ0n) is 10.9. The second kappa shape index (κ2) is 5.99. The summed E-state index contributed by atoms with van der Waals surface area (Å²) in [7, 11) is 0. The number of aromatic nitrogens is 1. The van der Waals surface area contributed by atoms with Crippen LogP contribution in [0.15, 0.2) is 66.7 Å². The molecule has 2 aromatic carbocycles. The fraction of sp³-hybridized carbons (Fsp3) is 0.118. The van der Waals surface area contributed by atoms with Crippen LogP contribution in [0.25, 0.3) is 10.4 Å². The molecule has 3 heteroatoms. The maximum absolute atomic E-state index is 10.2. The molecule has 2 nitrogen and oxygen atoms in total. The minimum atomic E-state index is -0.498. The molecule has 1 N–H and O–H groups in total. The van der Waals surface area contributed by atoms with Crippen LogP contribution in [0.4, 0.5) is 0 Å². The molecule has 0 aliphatic rings. The molecular weight excluding hydrogens is 266 g/mol. The highest BCUT2D eigenvalue weighted by Crippen LogP contribution is 2.26. The van der Waals surface area contributed by atoms with Gasteiger partial charge in [-0.25, -0.2) is 0 Å². The Bertz CT molecular complexity index is 664. The Morgan fingerprint density at radius 3 is 2.30 bits per heavy atom. The molecule has 20 heavy (non-hydrogen) atoms. The first kappa shape index (κ1) is 13.0. The lowest BCUT2D eigenvalue weighted by Crippen LogP contribution is -2.01. The van der Waals surface area contributed by atoms with Gasteiger partial charge in [-0.3, -0.25) is 0 Å². The topological polar surface area (TPSA) is 33.1 Å². The summed E-state index contributed by atoms with van der Waals surface area (Å²) in [5.41, 5.74) is 3.04. The van der Waals surface area contributed by atoms with Crippen molar-refractivity contribution in [3.05, 3.63) is 78.0 Å². The highest BCUT2D eigenvalue weighted by atomic mass is 32.1. The largest absolute Gasteiger partial charge is 0.388 e. The lowest BCUT2D eigenvalue weighted by molar-refractivity contribution is 0.177. The van der Waals surface area contributed by atoms with Gasteiger partial charge in [-0.15, -0.1) is 0 Å². The van der Waals surface area contributed by atoms with Gasteiger partial charge in [0.05, 0.1) is 16.7 Å². The minimum Gasteiger partial charge on any atom is -0.388 e. The summed E-state index contributed by atoms with van der Waals surface area (Å²) in [6.07, 6.45) is 0.0507. The molecule has 0 amide bonds. The van der Waals surface area contributed by atoms with Crippen LogP contribution in [0.2, 0.25) is 0 Å². The number of hydrogen-bond acceptors (Lipinski definition) is 3. The van der Waals surface area contributed by atoms with Gasteiger partial charge in [0.15, 0.2) is 0 Å². The predicted molar refractivity (Wildman–Crippen MR) is 82.7 cm³/mol. The van der Waals surface area contributed by atoms with E-state index in [1.807, 2.05) is 48.5 Å². The average molecular weight is 281 g/mol. The molecule has 0 spiro atoms. The van der Waals surface area contributed by atoms with Crippen LogP contribution in [0.1, 0.15) is 17.4 Å². The first-order chi connectivity index (χ1) is 9.83. The maximum atomic E-state index is 10.2. The summed E-state index contributed by atoms with van der Waals surface area (Å²) in [5.74, 6) is 0. The Kier molecular flexibility index (Phi) is 3.90. The third-order valence-corrected chi connectivity index (χ3v) is 4.08. The van der Waals surface area contributed by atoms with Gasteiger partial charge in [-0.05, 0) is 28.7 Å². The van der Waals surface area contributed by atoms with Gasteiger partial charge in [0.2, 0.25) is 0 Å². The van der Waals surface area contributed by atoms with E-state index in [1.54, 1.807) is 0 Å². The second-order valence-corrected chi connectivity index (χ2v) is 5.48. The van der Waals surface area contributed by atoms with E-state index >= 15 is 0 Å². The van der Waals surface area contributed by atoms with Crippen molar-refractivity contribution in [3.8, 4) is 10.4 Å². The SMILES string of the molecule is OC(Cc1cc(-c2ccccc2)sn1)c1ccccc1.